The van der Waals surface area contributed by atoms with Crippen molar-refractivity contribution in [2.45, 2.75) is 37.4 Å². The lowest BCUT2D eigenvalue weighted by Crippen LogP contribution is -1.97. The molecule has 0 saturated carbocycles. The van der Waals surface area contributed by atoms with Gasteiger partial charge in [-0.25, -0.2) is 4.39 Å². The van der Waals surface area contributed by atoms with Crippen molar-refractivity contribution in [3.05, 3.63) is 34.1 Å². The van der Waals surface area contributed by atoms with E-state index in [-0.39, 0.29) is 5.82 Å². The highest BCUT2D eigenvalue weighted by Gasteiger charge is 2.06. The first-order chi connectivity index (χ1) is 7.15. The summed E-state index contributed by atoms with van der Waals surface area (Å²) in [5.41, 5.74) is 1.06. The number of halogens is 3. The molecule has 0 amide bonds. The maximum atomic E-state index is 13.2. The Bertz CT molecular complexity index is 312. The first-order valence-corrected chi connectivity index (χ1v) is 6.93. The summed E-state index contributed by atoms with van der Waals surface area (Å²) in [6.07, 6.45) is 4.30. The number of hydrogen-bond acceptors (Lipinski definition) is 0. The molecule has 3 heteroatoms. The van der Waals surface area contributed by atoms with E-state index in [0.717, 1.165) is 31.2 Å². The summed E-state index contributed by atoms with van der Waals surface area (Å²) in [7, 11) is 0. The average Bonchev–Trinajstić information content (AvgIpc) is 2.24. The van der Waals surface area contributed by atoms with E-state index in [1.54, 1.807) is 6.07 Å². The molecule has 15 heavy (non-hydrogen) atoms. The van der Waals surface area contributed by atoms with Gasteiger partial charge in [0.05, 0.1) is 4.47 Å². The fourth-order valence-corrected chi connectivity index (χ4v) is 2.25. The molecule has 0 fully saturated rings. The van der Waals surface area contributed by atoms with Gasteiger partial charge in [-0.1, -0.05) is 35.0 Å². The molecule has 0 aliphatic carbocycles. The Balaban J connectivity index is 2.47. The fraction of sp³-hybridized carbons (Fsp3) is 0.500. The van der Waals surface area contributed by atoms with E-state index < -0.39 is 0 Å². The van der Waals surface area contributed by atoms with Crippen LogP contribution < -0.4 is 0 Å². The second-order valence-electron chi connectivity index (χ2n) is 3.61. The van der Waals surface area contributed by atoms with Crippen LogP contribution in [0.15, 0.2) is 22.7 Å². The quantitative estimate of drug-likeness (QED) is 0.657. The van der Waals surface area contributed by atoms with Gasteiger partial charge in [-0.15, -0.1) is 0 Å². The average molecular weight is 338 g/mol. The predicted molar refractivity (Wildman–Crippen MR) is 70.0 cm³/mol. The molecular weight excluding hydrogens is 323 g/mol. The Morgan fingerprint density at radius 2 is 2.13 bits per heavy atom. The minimum Gasteiger partial charge on any atom is -0.206 e. The van der Waals surface area contributed by atoms with E-state index in [1.165, 1.54) is 6.07 Å². The topological polar surface area (TPSA) is 0 Å². The molecule has 1 rings (SSSR count). The van der Waals surface area contributed by atoms with Crippen molar-refractivity contribution in [2.24, 2.45) is 0 Å². The molecule has 0 radical (unpaired) electrons. The normalized spacial score (nSPS) is 12.8. The summed E-state index contributed by atoms with van der Waals surface area (Å²) < 4.78 is 13.8. The van der Waals surface area contributed by atoms with Crippen LogP contribution >= 0.6 is 31.9 Å². The molecule has 0 aliphatic rings. The van der Waals surface area contributed by atoms with E-state index >= 15 is 0 Å². The first kappa shape index (κ1) is 13.2. The van der Waals surface area contributed by atoms with Gasteiger partial charge >= 0.3 is 0 Å². The zero-order chi connectivity index (χ0) is 11.3. The molecule has 1 aromatic rings. The maximum absolute atomic E-state index is 13.2. The van der Waals surface area contributed by atoms with Crippen LogP contribution in [0, 0.1) is 5.82 Å². The highest BCUT2D eigenvalue weighted by molar-refractivity contribution is 9.10. The van der Waals surface area contributed by atoms with Crippen LogP contribution in [0.5, 0.6) is 0 Å². The Hall–Kier alpha value is 0.110. The third-order valence-electron chi connectivity index (χ3n) is 2.44. The van der Waals surface area contributed by atoms with Crippen molar-refractivity contribution >= 4 is 31.9 Å². The minimum absolute atomic E-state index is 0.168. The molecule has 0 bridgehead atoms. The number of benzene rings is 1. The lowest BCUT2D eigenvalue weighted by Gasteiger charge is -2.08. The summed E-state index contributed by atoms with van der Waals surface area (Å²) in [6, 6.07) is 5.22. The molecule has 1 atom stereocenters. The van der Waals surface area contributed by atoms with Crippen molar-refractivity contribution in [1.29, 1.82) is 0 Å². The fourth-order valence-electron chi connectivity index (χ4n) is 1.46. The summed E-state index contributed by atoms with van der Waals surface area (Å²) in [5, 5.41) is 0. The number of rotatable bonds is 5. The molecule has 0 spiro atoms. The van der Waals surface area contributed by atoms with Crippen LogP contribution in [0.25, 0.3) is 0 Å². The van der Waals surface area contributed by atoms with Crippen molar-refractivity contribution in [3.8, 4) is 0 Å². The minimum atomic E-state index is -0.168. The van der Waals surface area contributed by atoms with Crippen molar-refractivity contribution in [1.82, 2.24) is 0 Å². The van der Waals surface area contributed by atoms with Gasteiger partial charge in [0.1, 0.15) is 5.82 Å². The molecule has 0 heterocycles. The molecule has 0 nitrogen and oxygen atoms in total. The molecule has 0 saturated heterocycles. The molecule has 0 aliphatic heterocycles. The van der Waals surface area contributed by atoms with Gasteiger partial charge < -0.3 is 0 Å². The van der Waals surface area contributed by atoms with Crippen LogP contribution in [0.2, 0.25) is 0 Å². The van der Waals surface area contributed by atoms with Crippen LogP contribution in [-0.4, -0.2) is 4.83 Å². The van der Waals surface area contributed by atoms with Crippen molar-refractivity contribution in [2.75, 3.05) is 0 Å². The zero-order valence-corrected chi connectivity index (χ0v) is 11.9. The highest BCUT2D eigenvalue weighted by Crippen LogP contribution is 2.23. The van der Waals surface area contributed by atoms with Crippen molar-refractivity contribution in [3.63, 3.8) is 0 Å². The van der Waals surface area contributed by atoms with Gasteiger partial charge in [-0.05, 0) is 53.2 Å². The van der Waals surface area contributed by atoms with Crippen LogP contribution in [0.4, 0.5) is 4.39 Å². The summed E-state index contributed by atoms with van der Waals surface area (Å²) in [5.74, 6) is -0.168. The summed E-state index contributed by atoms with van der Waals surface area (Å²) in [6.45, 7) is 2.16. The Kier molecular flexibility index (Phi) is 5.83. The molecule has 0 N–H and O–H groups in total. The standard InChI is InChI=1S/C12H15Br2F/c1-2-10(13)7-3-5-9-6-4-8-11(15)12(9)14/h4,6,8,10H,2-3,5,7H2,1H3. The van der Waals surface area contributed by atoms with Gasteiger partial charge in [0, 0.05) is 4.83 Å². The summed E-state index contributed by atoms with van der Waals surface area (Å²) in [4.78, 5) is 0.588. The second kappa shape index (κ2) is 6.64. The highest BCUT2D eigenvalue weighted by atomic mass is 79.9. The Labute approximate surface area is 108 Å². The van der Waals surface area contributed by atoms with E-state index in [4.69, 9.17) is 0 Å². The van der Waals surface area contributed by atoms with Crippen LogP contribution in [0.3, 0.4) is 0 Å². The van der Waals surface area contributed by atoms with Gasteiger partial charge in [-0.3, -0.25) is 0 Å². The molecule has 0 aromatic heterocycles. The SMILES string of the molecule is CCC(Br)CCCc1cccc(F)c1Br. The predicted octanol–water partition coefficient (Wildman–Crippen LogP) is 5.08. The third-order valence-corrected chi connectivity index (χ3v) is 4.43. The number of aryl methyl sites for hydroxylation is 1. The zero-order valence-electron chi connectivity index (χ0n) is 8.77. The largest absolute Gasteiger partial charge is 0.206 e. The maximum Gasteiger partial charge on any atom is 0.137 e. The smallest absolute Gasteiger partial charge is 0.137 e. The van der Waals surface area contributed by atoms with E-state index in [0.29, 0.717) is 9.30 Å². The van der Waals surface area contributed by atoms with E-state index in [9.17, 15) is 4.39 Å². The number of alkyl halides is 1. The monoisotopic (exact) mass is 336 g/mol. The number of hydrogen-bond donors (Lipinski definition) is 0. The van der Waals surface area contributed by atoms with E-state index in [1.807, 2.05) is 6.07 Å². The summed E-state index contributed by atoms with van der Waals surface area (Å²) >= 11 is 6.88. The lowest BCUT2D eigenvalue weighted by molar-refractivity contribution is 0.615. The Morgan fingerprint density at radius 3 is 2.80 bits per heavy atom. The van der Waals surface area contributed by atoms with Crippen molar-refractivity contribution < 1.29 is 4.39 Å². The van der Waals surface area contributed by atoms with Crippen LogP contribution in [0.1, 0.15) is 31.7 Å². The van der Waals surface area contributed by atoms with Crippen LogP contribution in [-0.2, 0) is 6.42 Å². The van der Waals surface area contributed by atoms with Gasteiger partial charge in [-0.2, -0.15) is 0 Å². The third kappa shape index (κ3) is 4.23. The van der Waals surface area contributed by atoms with Gasteiger partial charge in [0.15, 0.2) is 0 Å². The molecular formula is C12H15Br2F. The molecule has 84 valence electrons. The lowest BCUT2D eigenvalue weighted by atomic mass is 10.1. The molecule has 1 unspecified atom stereocenters. The van der Waals surface area contributed by atoms with E-state index in [2.05, 4.69) is 38.8 Å². The Morgan fingerprint density at radius 1 is 1.40 bits per heavy atom. The van der Waals surface area contributed by atoms with Gasteiger partial charge in [0.25, 0.3) is 0 Å². The first-order valence-electron chi connectivity index (χ1n) is 5.22. The second-order valence-corrected chi connectivity index (χ2v) is 5.70. The van der Waals surface area contributed by atoms with Gasteiger partial charge in [0.2, 0.25) is 0 Å². The molecule has 1 aromatic carbocycles.